The van der Waals surface area contributed by atoms with Crippen molar-refractivity contribution in [3.8, 4) is 22.6 Å². The molecule has 98 valence electrons. The predicted molar refractivity (Wildman–Crippen MR) is 86.1 cm³/mol. The molecule has 0 spiro atoms. The highest BCUT2D eigenvalue weighted by Crippen LogP contribution is 2.38. The second-order valence-electron chi connectivity index (χ2n) is 4.07. The van der Waals surface area contributed by atoms with Crippen LogP contribution in [0.15, 0.2) is 63.9 Å². The SMILES string of the molecule is Brc1cnc(-c2ccccn2)c(-c2ccccn2)c1Br. The summed E-state index contributed by atoms with van der Waals surface area (Å²) in [6.07, 6.45) is 5.29. The van der Waals surface area contributed by atoms with Crippen LogP contribution in [0.1, 0.15) is 0 Å². The second-order valence-corrected chi connectivity index (χ2v) is 5.72. The van der Waals surface area contributed by atoms with E-state index >= 15 is 0 Å². The van der Waals surface area contributed by atoms with Gasteiger partial charge in [-0.1, -0.05) is 12.1 Å². The highest BCUT2D eigenvalue weighted by atomic mass is 79.9. The predicted octanol–water partition coefficient (Wildman–Crippen LogP) is 4.73. The molecule has 20 heavy (non-hydrogen) atoms. The van der Waals surface area contributed by atoms with Crippen LogP contribution in [0.25, 0.3) is 22.6 Å². The number of hydrogen-bond acceptors (Lipinski definition) is 3. The van der Waals surface area contributed by atoms with E-state index < -0.39 is 0 Å². The molecule has 5 heteroatoms. The molecule has 0 aromatic carbocycles. The topological polar surface area (TPSA) is 38.7 Å². The van der Waals surface area contributed by atoms with Crippen LogP contribution >= 0.6 is 31.9 Å². The number of pyridine rings is 3. The van der Waals surface area contributed by atoms with E-state index in [-0.39, 0.29) is 0 Å². The summed E-state index contributed by atoms with van der Waals surface area (Å²) in [5.74, 6) is 0. The molecule has 0 aliphatic heterocycles. The van der Waals surface area contributed by atoms with E-state index in [0.29, 0.717) is 0 Å². The normalized spacial score (nSPS) is 10.5. The van der Waals surface area contributed by atoms with Crippen LogP contribution in [-0.2, 0) is 0 Å². The number of aromatic nitrogens is 3. The average Bonchev–Trinajstić information content (AvgIpc) is 2.51. The van der Waals surface area contributed by atoms with Crippen molar-refractivity contribution < 1.29 is 0 Å². The third-order valence-corrected chi connectivity index (χ3v) is 4.76. The molecule has 3 aromatic rings. The zero-order valence-corrected chi connectivity index (χ0v) is 13.5. The van der Waals surface area contributed by atoms with Gasteiger partial charge in [-0.15, -0.1) is 0 Å². The molecule has 0 saturated heterocycles. The Morgan fingerprint density at radius 3 is 2.00 bits per heavy atom. The number of hydrogen-bond donors (Lipinski definition) is 0. The van der Waals surface area contributed by atoms with E-state index in [1.54, 1.807) is 18.6 Å². The molecule has 3 aromatic heterocycles. The molecule has 0 unspecified atom stereocenters. The first-order valence-corrected chi connectivity index (χ1v) is 7.53. The highest BCUT2D eigenvalue weighted by Gasteiger charge is 2.16. The Labute approximate surface area is 133 Å². The molecule has 0 aliphatic rings. The Hall–Kier alpha value is -1.59. The fourth-order valence-electron chi connectivity index (χ4n) is 1.91. The first kappa shape index (κ1) is 13.4. The summed E-state index contributed by atoms with van der Waals surface area (Å²) in [6, 6.07) is 11.6. The minimum atomic E-state index is 0.805. The Morgan fingerprint density at radius 2 is 1.40 bits per heavy atom. The third-order valence-electron chi connectivity index (χ3n) is 2.80. The maximum Gasteiger partial charge on any atom is 0.0992 e. The second kappa shape index (κ2) is 5.81. The molecule has 3 nitrogen and oxygen atoms in total. The Balaban J connectivity index is 2.29. The first-order chi connectivity index (χ1) is 9.77. The lowest BCUT2D eigenvalue weighted by Gasteiger charge is -2.11. The average molecular weight is 391 g/mol. The van der Waals surface area contributed by atoms with Crippen molar-refractivity contribution >= 4 is 31.9 Å². The monoisotopic (exact) mass is 389 g/mol. The summed E-state index contributed by atoms with van der Waals surface area (Å²) in [6.45, 7) is 0. The molecule has 0 saturated carbocycles. The molecule has 3 heterocycles. The van der Waals surface area contributed by atoms with Crippen LogP contribution < -0.4 is 0 Å². The van der Waals surface area contributed by atoms with Gasteiger partial charge in [0.05, 0.1) is 21.6 Å². The zero-order valence-electron chi connectivity index (χ0n) is 10.3. The summed E-state index contributed by atoms with van der Waals surface area (Å²) in [7, 11) is 0. The fourth-order valence-corrected chi connectivity index (χ4v) is 2.70. The summed E-state index contributed by atoms with van der Waals surface area (Å²) < 4.78 is 1.81. The van der Waals surface area contributed by atoms with Gasteiger partial charge in [0.25, 0.3) is 0 Å². The van der Waals surface area contributed by atoms with Gasteiger partial charge in [0.2, 0.25) is 0 Å². The van der Waals surface area contributed by atoms with Gasteiger partial charge in [-0.2, -0.15) is 0 Å². The minimum absolute atomic E-state index is 0.805. The lowest BCUT2D eigenvalue weighted by atomic mass is 10.1. The Morgan fingerprint density at radius 1 is 0.750 bits per heavy atom. The largest absolute Gasteiger partial charge is 0.256 e. The molecule has 0 fully saturated rings. The minimum Gasteiger partial charge on any atom is -0.256 e. The van der Waals surface area contributed by atoms with E-state index in [9.17, 15) is 0 Å². The van der Waals surface area contributed by atoms with Gasteiger partial charge >= 0.3 is 0 Å². The van der Waals surface area contributed by atoms with Gasteiger partial charge in [-0.25, -0.2) is 0 Å². The van der Waals surface area contributed by atoms with Gasteiger partial charge in [0.15, 0.2) is 0 Å². The molecule has 0 radical (unpaired) electrons. The van der Waals surface area contributed by atoms with Gasteiger partial charge < -0.3 is 0 Å². The van der Waals surface area contributed by atoms with Crippen molar-refractivity contribution in [3.05, 3.63) is 63.9 Å². The molecular weight excluding hydrogens is 382 g/mol. The van der Waals surface area contributed by atoms with Gasteiger partial charge in [-0.3, -0.25) is 15.0 Å². The van der Waals surface area contributed by atoms with Gasteiger partial charge in [0.1, 0.15) is 0 Å². The molecule has 0 atom stereocenters. The van der Waals surface area contributed by atoms with Gasteiger partial charge in [-0.05, 0) is 56.1 Å². The summed E-state index contributed by atoms with van der Waals surface area (Å²) in [5, 5.41) is 0. The highest BCUT2D eigenvalue weighted by molar-refractivity contribution is 9.13. The fraction of sp³-hybridized carbons (Fsp3) is 0. The summed E-state index contributed by atoms with van der Waals surface area (Å²) in [4.78, 5) is 13.3. The van der Waals surface area contributed by atoms with E-state index in [0.717, 1.165) is 31.6 Å². The lowest BCUT2D eigenvalue weighted by molar-refractivity contribution is 1.21. The number of rotatable bonds is 2. The van der Waals surface area contributed by atoms with E-state index in [2.05, 4.69) is 46.8 Å². The Bertz CT molecular complexity index is 731. The van der Waals surface area contributed by atoms with E-state index in [1.165, 1.54) is 0 Å². The zero-order chi connectivity index (χ0) is 13.9. The van der Waals surface area contributed by atoms with Crippen molar-refractivity contribution in [2.75, 3.05) is 0 Å². The number of halogens is 2. The maximum absolute atomic E-state index is 4.51. The summed E-state index contributed by atoms with van der Waals surface area (Å²) in [5.41, 5.74) is 3.41. The van der Waals surface area contributed by atoms with Crippen molar-refractivity contribution in [2.24, 2.45) is 0 Å². The van der Waals surface area contributed by atoms with Crippen LogP contribution in [0, 0.1) is 0 Å². The Kier molecular flexibility index (Phi) is 3.89. The summed E-state index contributed by atoms with van der Waals surface area (Å²) >= 11 is 7.10. The molecular formula is C15H9Br2N3. The van der Waals surface area contributed by atoms with E-state index in [4.69, 9.17) is 0 Å². The smallest absolute Gasteiger partial charge is 0.0992 e. The van der Waals surface area contributed by atoms with Crippen LogP contribution in [0.2, 0.25) is 0 Å². The van der Waals surface area contributed by atoms with Crippen LogP contribution in [-0.4, -0.2) is 15.0 Å². The van der Waals surface area contributed by atoms with Crippen molar-refractivity contribution in [1.82, 2.24) is 15.0 Å². The molecule has 0 aliphatic carbocycles. The maximum atomic E-state index is 4.51. The van der Waals surface area contributed by atoms with Crippen LogP contribution in [0.5, 0.6) is 0 Å². The van der Waals surface area contributed by atoms with Crippen LogP contribution in [0.4, 0.5) is 0 Å². The van der Waals surface area contributed by atoms with Gasteiger partial charge in [0, 0.05) is 28.6 Å². The van der Waals surface area contributed by atoms with Crippen molar-refractivity contribution in [1.29, 1.82) is 0 Å². The molecule has 0 bridgehead atoms. The molecule has 0 N–H and O–H groups in total. The standard InChI is InChI=1S/C15H9Br2N3/c16-10-9-20-15(12-6-2-4-8-19-12)13(14(10)17)11-5-1-3-7-18-11/h1-9H. The lowest BCUT2D eigenvalue weighted by Crippen LogP contribution is -1.95. The molecule has 0 amide bonds. The quantitative estimate of drug-likeness (QED) is 0.634. The van der Waals surface area contributed by atoms with Crippen molar-refractivity contribution in [3.63, 3.8) is 0 Å². The first-order valence-electron chi connectivity index (χ1n) is 5.94. The third kappa shape index (κ3) is 2.51. The molecule has 3 rings (SSSR count). The van der Waals surface area contributed by atoms with Crippen molar-refractivity contribution in [2.45, 2.75) is 0 Å². The van der Waals surface area contributed by atoms with E-state index in [1.807, 2.05) is 36.4 Å². The number of nitrogens with zero attached hydrogens (tertiary/aromatic N) is 3. The van der Waals surface area contributed by atoms with Crippen LogP contribution in [0.3, 0.4) is 0 Å².